The maximum Gasteiger partial charge on any atom is 0.134 e. The Labute approximate surface area is 135 Å². The van der Waals surface area contributed by atoms with E-state index in [0.717, 1.165) is 54.3 Å². The van der Waals surface area contributed by atoms with Gasteiger partial charge in [-0.1, -0.05) is 41.9 Å². The highest BCUT2D eigenvalue weighted by atomic mass is 79.9. The maximum absolute atomic E-state index is 5.88. The fourth-order valence-corrected chi connectivity index (χ4v) is 2.50. The van der Waals surface area contributed by atoms with Crippen LogP contribution in [0, 0.1) is 0 Å². The lowest BCUT2D eigenvalue weighted by Gasteiger charge is -2.17. The van der Waals surface area contributed by atoms with E-state index < -0.39 is 0 Å². The van der Waals surface area contributed by atoms with Gasteiger partial charge in [0.2, 0.25) is 0 Å². The molecule has 1 heterocycles. The lowest BCUT2D eigenvalue weighted by Crippen LogP contribution is -2.31. The van der Waals surface area contributed by atoms with Gasteiger partial charge in [0.15, 0.2) is 0 Å². The first-order valence-electron chi connectivity index (χ1n) is 7.50. The number of benzene rings is 1. The van der Waals surface area contributed by atoms with Crippen molar-refractivity contribution in [1.82, 2.24) is 10.2 Å². The third kappa shape index (κ3) is 4.99. The van der Waals surface area contributed by atoms with Crippen LogP contribution in [0.1, 0.15) is 19.6 Å². The maximum atomic E-state index is 5.88. The van der Waals surface area contributed by atoms with Crippen molar-refractivity contribution in [3.8, 4) is 11.3 Å². The molecule has 114 valence electrons. The van der Waals surface area contributed by atoms with Crippen molar-refractivity contribution in [2.45, 2.75) is 20.4 Å². The summed E-state index contributed by atoms with van der Waals surface area (Å²) in [6.07, 6.45) is 0. The van der Waals surface area contributed by atoms with Crippen LogP contribution in [0.25, 0.3) is 11.3 Å². The first-order chi connectivity index (χ1) is 10.2. The number of nitrogens with zero attached hydrogens (tertiary/aromatic N) is 1. The second-order valence-electron chi connectivity index (χ2n) is 4.98. The summed E-state index contributed by atoms with van der Waals surface area (Å²) in [7, 11) is 0. The fourth-order valence-electron chi connectivity index (χ4n) is 2.23. The zero-order valence-corrected chi connectivity index (χ0v) is 14.3. The largest absolute Gasteiger partial charge is 0.460 e. The Kier molecular flexibility index (Phi) is 6.49. The molecule has 1 aromatic heterocycles. The molecule has 0 aliphatic rings. The zero-order valence-electron chi connectivity index (χ0n) is 12.7. The second kappa shape index (κ2) is 8.37. The van der Waals surface area contributed by atoms with Crippen LogP contribution in [0.15, 0.2) is 45.3 Å². The molecule has 0 spiro atoms. The van der Waals surface area contributed by atoms with Crippen LogP contribution in [0.5, 0.6) is 0 Å². The minimum atomic E-state index is 0.776. The fraction of sp³-hybridized carbons (Fsp3) is 0.412. The normalized spacial score (nSPS) is 11.2. The Morgan fingerprint density at radius 1 is 1.05 bits per heavy atom. The Morgan fingerprint density at radius 3 is 2.43 bits per heavy atom. The monoisotopic (exact) mass is 350 g/mol. The standard InChI is InChI=1S/C17H23BrN2O/c1-3-20(4-2)12-11-19-13-16-9-10-17(21-16)14-5-7-15(18)8-6-14/h5-10,19H,3-4,11-13H2,1-2H3. The van der Waals surface area contributed by atoms with E-state index in [-0.39, 0.29) is 0 Å². The first kappa shape index (κ1) is 16.3. The van der Waals surface area contributed by atoms with Crippen LogP contribution in [0.4, 0.5) is 0 Å². The molecule has 21 heavy (non-hydrogen) atoms. The zero-order chi connectivity index (χ0) is 15.1. The molecule has 0 bridgehead atoms. The van der Waals surface area contributed by atoms with Crippen molar-refractivity contribution < 1.29 is 4.42 Å². The summed E-state index contributed by atoms with van der Waals surface area (Å²) in [4.78, 5) is 2.41. The topological polar surface area (TPSA) is 28.4 Å². The third-order valence-electron chi connectivity index (χ3n) is 3.59. The predicted molar refractivity (Wildman–Crippen MR) is 91.3 cm³/mol. The van der Waals surface area contributed by atoms with Crippen molar-refractivity contribution in [1.29, 1.82) is 0 Å². The highest BCUT2D eigenvalue weighted by molar-refractivity contribution is 9.10. The molecule has 2 rings (SSSR count). The van der Waals surface area contributed by atoms with Crippen LogP contribution < -0.4 is 5.32 Å². The van der Waals surface area contributed by atoms with E-state index in [1.54, 1.807) is 0 Å². The quantitative estimate of drug-likeness (QED) is 0.725. The molecule has 3 nitrogen and oxygen atoms in total. The van der Waals surface area contributed by atoms with Gasteiger partial charge >= 0.3 is 0 Å². The number of rotatable bonds is 8. The van der Waals surface area contributed by atoms with Gasteiger partial charge in [0.25, 0.3) is 0 Å². The van der Waals surface area contributed by atoms with E-state index in [1.165, 1.54) is 0 Å². The van der Waals surface area contributed by atoms with Crippen molar-refractivity contribution >= 4 is 15.9 Å². The minimum absolute atomic E-state index is 0.776. The summed E-state index contributed by atoms with van der Waals surface area (Å²) in [6, 6.07) is 12.2. The van der Waals surface area contributed by atoms with Gasteiger partial charge in [0.05, 0.1) is 6.54 Å². The smallest absolute Gasteiger partial charge is 0.134 e. The number of hydrogen-bond acceptors (Lipinski definition) is 3. The molecule has 0 unspecified atom stereocenters. The molecule has 0 amide bonds. The number of hydrogen-bond donors (Lipinski definition) is 1. The number of halogens is 1. The van der Waals surface area contributed by atoms with E-state index in [4.69, 9.17) is 4.42 Å². The van der Waals surface area contributed by atoms with Gasteiger partial charge in [0, 0.05) is 23.1 Å². The molecular formula is C17H23BrN2O. The third-order valence-corrected chi connectivity index (χ3v) is 4.12. The lowest BCUT2D eigenvalue weighted by molar-refractivity contribution is 0.300. The Hall–Kier alpha value is -1.10. The van der Waals surface area contributed by atoms with E-state index in [0.29, 0.717) is 0 Å². The van der Waals surface area contributed by atoms with Crippen LogP contribution in [0.2, 0.25) is 0 Å². The molecule has 0 saturated heterocycles. The number of likely N-dealkylation sites (N-methyl/N-ethyl adjacent to an activating group) is 1. The van der Waals surface area contributed by atoms with Gasteiger partial charge in [-0.3, -0.25) is 0 Å². The molecule has 1 N–H and O–H groups in total. The molecule has 1 aromatic carbocycles. The van der Waals surface area contributed by atoms with Gasteiger partial charge in [-0.2, -0.15) is 0 Å². The van der Waals surface area contributed by atoms with Gasteiger partial charge in [0.1, 0.15) is 11.5 Å². The van der Waals surface area contributed by atoms with Crippen LogP contribution in [-0.4, -0.2) is 31.1 Å². The molecule has 0 fully saturated rings. The molecular weight excluding hydrogens is 328 g/mol. The van der Waals surface area contributed by atoms with E-state index >= 15 is 0 Å². The van der Waals surface area contributed by atoms with Crippen molar-refractivity contribution in [2.24, 2.45) is 0 Å². The van der Waals surface area contributed by atoms with Crippen molar-refractivity contribution in [2.75, 3.05) is 26.2 Å². The molecule has 0 saturated carbocycles. The summed E-state index contributed by atoms with van der Waals surface area (Å²) in [5, 5.41) is 3.43. The average molecular weight is 351 g/mol. The predicted octanol–water partition coefficient (Wildman–Crippen LogP) is 4.14. The summed E-state index contributed by atoms with van der Waals surface area (Å²) in [5.74, 6) is 1.90. The van der Waals surface area contributed by atoms with Gasteiger partial charge in [-0.05, 0) is 37.4 Å². The summed E-state index contributed by atoms with van der Waals surface area (Å²) >= 11 is 3.44. The molecule has 4 heteroatoms. The van der Waals surface area contributed by atoms with Gasteiger partial charge in [-0.25, -0.2) is 0 Å². The van der Waals surface area contributed by atoms with Crippen molar-refractivity contribution in [3.63, 3.8) is 0 Å². The minimum Gasteiger partial charge on any atom is -0.460 e. The van der Waals surface area contributed by atoms with Crippen molar-refractivity contribution in [3.05, 3.63) is 46.6 Å². The number of nitrogens with one attached hydrogen (secondary N) is 1. The molecule has 0 aliphatic heterocycles. The Balaban J connectivity index is 1.82. The lowest BCUT2D eigenvalue weighted by atomic mass is 10.2. The Morgan fingerprint density at radius 2 is 1.76 bits per heavy atom. The highest BCUT2D eigenvalue weighted by Gasteiger charge is 2.05. The van der Waals surface area contributed by atoms with Crippen LogP contribution in [0.3, 0.4) is 0 Å². The molecule has 2 aromatic rings. The molecule has 0 aliphatic carbocycles. The van der Waals surface area contributed by atoms with Gasteiger partial charge < -0.3 is 14.6 Å². The SMILES string of the molecule is CCN(CC)CCNCc1ccc(-c2ccc(Br)cc2)o1. The van der Waals surface area contributed by atoms with E-state index in [9.17, 15) is 0 Å². The summed E-state index contributed by atoms with van der Waals surface area (Å²) in [5.41, 5.74) is 1.10. The summed E-state index contributed by atoms with van der Waals surface area (Å²) in [6.45, 7) is 9.43. The van der Waals surface area contributed by atoms with Crippen LogP contribution in [-0.2, 0) is 6.54 Å². The van der Waals surface area contributed by atoms with E-state index in [2.05, 4.69) is 52.1 Å². The Bertz CT molecular complexity index is 532. The van der Waals surface area contributed by atoms with Crippen LogP contribution >= 0.6 is 15.9 Å². The second-order valence-corrected chi connectivity index (χ2v) is 5.89. The molecule has 0 atom stereocenters. The van der Waals surface area contributed by atoms with Gasteiger partial charge in [-0.15, -0.1) is 0 Å². The molecule has 0 radical (unpaired) electrons. The summed E-state index contributed by atoms with van der Waals surface area (Å²) < 4.78 is 6.96. The van der Waals surface area contributed by atoms with E-state index in [1.807, 2.05) is 24.3 Å². The average Bonchev–Trinajstić information content (AvgIpc) is 2.97. The number of furan rings is 1. The first-order valence-corrected chi connectivity index (χ1v) is 8.30. The highest BCUT2D eigenvalue weighted by Crippen LogP contribution is 2.23.